The maximum Gasteiger partial charge on any atom is 0.249 e. The number of ether oxygens (including phenoxy) is 2. The first-order chi connectivity index (χ1) is 20.0. The van der Waals surface area contributed by atoms with Crippen molar-refractivity contribution in [2.24, 2.45) is 0 Å². The molecule has 1 aromatic heterocycles. The summed E-state index contributed by atoms with van der Waals surface area (Å²) in [4.78, 5) is 30.0. The zero-order valence-electron chi connectivity index (χ0n) is 23.2. The molecule has 5 aromatic rings. The first-order valence-electron chi connectivity index (χ1n) is 13.2. The Balaban J connectivity index is 1.62. The van der Waals surface area contributed by atoms with Crippen LogP contribution < -0.4 is 19.7 Å². The van der Waals surface area contributed by atoms with E-state index in [1.807, 2.05) is 85.8 Å². The number of hydrogen-bond acceptors (Lipinski definition) is 6. The summed E-state index contributed by atoms with van der Waals surface area (Å²) in [6, 6.07) is 28.7. The molecule has 4 aromatic carbocycles. The molecule has 0 radical (unpaired) electrons. The molecule has 2 amide bonds. The van der Waals surface area contributed by atoms with E-state index in [4.69, 9.17) is 9.47 Å². The van der Waals surface area contributed by atoms with Crippen LogP contribution in [0.25, 0.3) is 11.0 Å². The Hall–Kier alpha value is -5.18. The summed E-state index contributed by atoms with van der Waals surface area (Å²) in [5.41, 5.74) is 4.27. The number of aryl methyl sites for hydroxylation is 1. The number of para-hydroxylation sites is 2. The van der Waals surface area contributed by atoms with E-state index in [9.17, 15) is 9.59 Å². The number of benzene rings is 4. The third-order valence-electron chi connectivity index (χ3n) is 6.90. The van der Waals surface area contributed by atoms with Gasteiger partial charge in [0.15, 0.2) is 0 Å². The molecule has 1 heterocycles. The maximum atomic E-state index is 14.3. The SMILES string of the molecule is COc1ccc(C(C(=O)NCc2ccccc2)N(C(=O)Cn2nnc3ccccc32)c2ccccc2C)c(OC)c1. The molecular formula is C32H31N5O4. The Morgan fingerprint density at radius 3 is 2.39 bits per heavy atom. The number of aromatic nitrogens is 3. The highest BCUT2D eigenvalue weighted by Gasteiger charge is 2.36. The lowest BCUT2D eigenvalue weighted by molar-refractivity contribution is -0.127. The average Bonchev–Trinajstić information content (AvgIpc) is 3.42. The van der Waals surface area contributed by atoms with Crippen molar-refractivity contribution < 1.29 is 19.1 Å². The number of fused-ring (bicyclic) bond motifs is 1. The number of rotatable bonds is 10. The summed E-state index contributed by atoms with van der Waals surface area (Å²) in [7, 11) is 3.09. The molecule has 5 rings (SSSR count). The maximum absolute atomic E-state index is 14.3. The molecule has 0 bridgehead atoms. The van der Waals surface area contributed by atoms with Crippen LogP contribution in [0.1, 0.15) is 22.7 Å². The molecule has 1 atom stereocenters. The van der Waals surface area contributed by atoms with Crippen molar-refractivity contribution in [3.8, 4) is 11.5 Å². The second-order valence-electron chi connectivity index (χ2n) is 9.50. The minimum absolute atomic E-state index is 0.129. The summed E-state index contributed by atoms with van der Waals surface area (Å²) >= 11 is 0. The highest BCUT2D eigenvalue weighted by Crippen LogP contribution is 2.37. The van der Waals surface area contributed by atoms with Gasteiger partial charge in [-0.25, -0.2) is 4.68 Å². The van der Waals surface area contributed by atoms with Crippen molar-refractivity contribution >= 4 is 28.5 Å². The molecule has 0 fully saturated rings. The highest BCUT2D eigenvalue weighted by molar-refractivity contribution is 6.02. The Labute approximate surface area is 238 Å². The minimum atomic E-state index is -1.07. The average molecular weight is 550 g/mol. The van der Waals surface area contributed by atoms with Crippen molar-refractivity contribution in [2.75, 3.05) is 19.1 Å². The second kappa shape index (κ2) is 12.3. The molecule has 0 saturated heterocycles. The largest absolute Gasteiger partial charge is 0.497 e. The van der Waals surface area contributed by atoms with Crippen LogP contribution in [0.5, 0.6) is 11.5 Å². The van der Waals surface area contributed by atoms with Crippen molar-refractivity contribution in [2.45, 2.75) is 26.1 Å². The fourth-order valence-electron chi connectivity index (χ4n) is 4.81. The molecule has 1 unspecified atom stereocenters. The van der Waals surface area contributed by atoms with Crippen LogP contribution in [0.2, 0.25) is 0 Å². The molecule has 0 saturated carbocycles. The normalized spacial score (nSPS) is 11.6. The molecule has 1 N–H and O–H groups in total. The molecule has 0 aliphatic carbocycles. The number of anilines is 1. The zero-order valence-corrected chi connectivity index (χ0v) is 23.2. The van der Waals surface area contributed by atoms with Gasteiger partial charge >= 0.3 is 0 Å². The molecular weight excluding hydrogens is 518 g/mol. The van der Waals surface area contributed by atoms with Gasteiger partial charge < -0.3 is 14.8 Å². The van der Waals surface area contributed by atoms with E-state index in [1.54, 1.807) is 30.0 Å². The Bertz CT molecular complexity index is 1670. The molecule has 9 heteroatoms. The van der Waals surface area contributed by atoms with E-state index in [1.165, 1.54) is 12.0 Å². The summed E-state index contributed by atoms with van der Waals surface area (Å²) in [5.74, 6) is 0.281. The van der Waals surface area contributed by atoms with Crippen LogP contribution in [0.3, 0.4) is 0 Å². The van der Waals surface area contributed by atoms with Crippen molar-refractivity contribution in [1.82, 2.24) is 20.3 Å². The number of hydrogen-bond donors (Lipinski definition) is 1. The number of nitrogens with one attached hydrogen (secondary N) is 1. The van der Waals surface area contributed by atoms with Gasteiger partial charge in [-0.1, -0.05) is 65.9 Å². The Kier molecular flexibility index (Phi) is 8.24. The molecule has 208 valence electrons. The lowest BCUT2D eigenvalue weighted by Gasteiger charge is -2.33. The third-order valence-corrected chi connectivity index (χ3v) is 6.90. The fraction of sp³-hybridized carbons (Fsp3) is 0.188. The van der Waals surface area contributed by atoms with Crippen molar-refractivity contribution in [3.05, 3.63) is 114 Å². The van der Waals surface area contributed by atoms with Gasteiger partial charge in [-0.05, 0) is 48.4 Å². The van der Waals surface area contributed by atoms with Crippen molar-refractivity contribution in [3.63, 3.8) is 0 Å². The third kappa shape index (κ3) is 5.89. The number of carbonyl (C=O) groups excluding carboxylic acids is 2. The number of nitrogens with zero attached hydrogens (tertiary/aromatic N) is 4. The number of methoxy groups -OCH3 is 2. The predicted octanol–water partition coefficient (Wildman–Crippen LogP) is 4.85. The smallest absolute Gasteiger partial charge is 0.249 e. The van der Waals surface area contributed by atoms with E-state index >= 15 is 0 Å². The van der Waals surface area contributed by atoms with Gasteiger partial charge in [0.25, 0.3) is 0 Å². The van der Waals surface area contributed by atoms with Gasteiger partial charge in [-0.3, -0.25) is 14.5 Å². The summed E-state index contributed by atoms with van der Waals surface area (Å²) in [6.45, 7) is 2.07. The number of carbonyl (C=O) groups is 2. The van der Waals surface area contributed by atoms with Crippen molar-refractivity contribution in [1.29, 1.82) is 0 Å². The molecule has 9 nitrogen and oxygen atoms in total. The Morgan fingerprint density at radius 1 is 0.902 bits per heavy atom. The van der Waals surface area contributed by atoms with Crippen LogP contribution in [0.4, 0.5) is 5.69 Å². The monoisotopic (exact) mass is 549 g/mol. The zero-order chi connectivity index (χ0) is 28.8. The Morgan fingerprint density at radius 2 is 1.63 bits per heavy atom. The van der Waals surface area contributed by atoms with E-state index in [0.717, 1.165) is 16.6 Å². The van der Waals surface area contributed by atoms with E-state index in [2.05, 4.69) is 15.6 Å². The van der Waals surface area contributed by atoms with Gasteiger partial charge in [-0.2, -0.15) is 0 Å². The summed E-state index contributed by atoms with van der Waals surface area (Å²) < 4.78 is 12.7. The quantitative estimate of drug-likeness (QED) is 0.268. The first-order valence-corrected chi connectivity index (χ1v) is 13.2. The fourth-order valence-corrected chi connectivity index (χ4v) is 4.81. The minimum Gasteiger partial charge on any atom is -0.497 e. The number of amides is 2. The lowest BCUT2D eigenvalue weighted by Crippen LogP contribution is -2.45. The van der Waals surface area contributed by atoms with E-state index in [-0.39, 0.29) is 24.9 Å². The van der Waals surface area contributed by atoms with Gasteiger partial charge in [0, 0.05) is 23.9 Å². The van der Waals surface area contributed by atoms with Crippen LogP contribution in [-0.4, -0.2) is 41.0 Å². The molecule has 0 aliphatic heterocycles. The standard InChI is InChI=1S/C32H31N5O4/c1-22-11-7-9-15-27(22)37(30(38)21-36-28-16-10-8-14-26(28)34-35-36)31(25-18-17-24(40-2)19-29(25)41-3)32(39)33-20-23-12-5-4-6-13-23/h4-19,31H,20-21H2,1-3H3,(H,33,39). The first kappa shape index (κ1) is 27.4. The lowest BCUT2D eigenvalue weighted by atomic mass is 10.00. The van der Waals surface area contributed by atoms with Gasteiger partial charge in [0.1, 0.15) is 29.6 Å². The van der Waals surface area contributed by atoms with Crippen LogP contribution in [0, 0.1) is 6.92 Å². The molecule has 0 spiro atoms. The van der Waals surface area contributed by atoms with Crippen LogP contribution in [0.15, 0.2) is 97.1 Å². The highest BCUT2D eigenvalue weighted by atomic mass is 16.5. The summed E-state index contributed by atoms with van der Waals surface area (Å²) in [5, 5.41) is 11.5. The van der Waals surface area contributed by atoms with E-state index < -0.39 is 6.04 Å². The molecule has 41 heavy (non-hydrogen) atoms. The van der Waals surface area contributed by atoms with Gasteiger partial charge in [0.2, 0.25) is 11.8 Å². The van der Waals surface area contributed by atoms with E-state index in [0.29, 0.717) is 28.3 Å². The topological polar surface area (TPSA) is 98.6 Å². The second-order valence-corrected chi connectivity index (χ2v) is 9.50. The predicted molar refractivity (Wildman–Crippen MR) is 157 cm³/mol. The van der Waals surface area contributed by atoms with Gasteiger partial charge in [-0.15, -0.1) is 5.10 Å². The van der Waals surface area contributed by atoms with Crippen LogP contribution >= 0.6 is 0 Å². The molecule has 0 aliphatic rings. The van der Waals surface area contributed by atoms with Gasteiger partial charge in [0.05, 0.1) is 19.7 Å². The van der Waals surface area contributed by atoms with Crippen LogP contribution in [-0.2, 0) is 22.7 Å². The summed E-state index contributed by atoms with van der Waals surface area (Å²) in [6.07, 6.45) is 0.